The van der Waals surface area contributed by atoms with Crippen LogP contribution >= 0.6 is 11.6 Å². The third-order valence-corrected chi connectivity index (χ3v) is 2.38. The van der Waals surface area contributed by atoms with Crippen molar-refractivity contribution in [2.24, 2.45) is 0 Å². The van der Waals surface area contributed by atoms with Gasteiger partial charge in [-0.25, -0.2) is 14.8 Å². The molecule has 18 heavy (non-hydrogen) atoms. The molecule has 0 bridgehead atoms. The van der Waals surface area contributed by atoms with Crippen LogP contribution in [0.1, 0.15) is 22.0 Å². The van der Waals surface area contributed by atoms with Crippen LogP contribution in [-0.2, 0) is 6.54 Å². The summed E-state index contributed by atoms with van der Waals surface area (Å²) in [5, 5.41) is 12.0. The maximum atomic E-state index is 11.0. The van der Waals surface area contributed by atoms with Gasteiger partial charge in [0.2, 0.25) is 5.89 Å². The summed E-state index contributed by atoms with van der Waals surface area (Å²) in [5.41, 5.74) is 0.0441. The number of halogens is 1. The van der Waals surface area contributed by atoms with Gasteiger partial charge in [0.1, 0.15) is 22.3 Å². The van der Waals surface area contributed by atoms with Gasteiger partial charge in [0, 0.05) is 0 Å². The van der Waals surface area contributed by atoms with Crippen molar-refractivity contribution in [3.8, 4) is 0 Å². The van der Waals surface area contributed by atoms with E-state index >= 15 is 0 Å². The molecule has 0 spiro atoms. The van der Waals surface area contributed by atoms with Crippen molar-refractivity contribution in [3.63, 3.8) is 0 Å². The number of aromatic nitrogens is 2. The molecule has 0 aliphatic carbocycles. The number of hydrogen-bond donors (Lipinski definition) is 2. The Bertz CT molecular complexity index is 583. The smallest absolute Gasteiger partial charge is 0.339 e. The molecule has 0 aromatic carbocycles. The number of hydrogen-bond acceptors (Lipinski definition) is 5. The summed E-state index contributed by atoms with van der Waals surface area (Å²) in [6.45, 7) is 2.01. The van der Waals surface area contributed by atoms with Crippen LogP contribution in [0.3, 0.4) is 0 Å². The molecule has 7 heteroatoms. The third-order valence-electron chi connectivity index (χ3n) is 2.17. The van der Waals surface area contributed by atoms with Crippen LogP contribution in [0.5, 0.6) is 0 Å². The van der Waals surface area contributed by atoms with Gasteiger partial charge in [-0.2, -0.15) is 0 Å². The molecule has 0 fully saturated rings. The summed E-state index contributed by atoms with van der Waals surface area (Å²) in [7, 11) is 0. The van der Waals surface area contributed by atoms with E-state index in [1.165, 1.54) is 12.1 Å². The highest BCUT2D eigenvalue weighted by atomic mass is 35.5. The minimum absolute atomic E-state index is 0.0441. The molecule has 94 valence electrons. The van der Waals surface area contributed by atoms with E-state index in [0.717, 1.165) is 0 Å². The van der Waals surface area contributed by atoms with Crippen LogP contribution in [0.4, 0.5) is 5.82 Å². The topological polar surface area (TPSA) is 88.2 Å². The summed E-state index contributed by atoms with van der Waals surface area (Å²) in [4.78, 5) is 18.9. The van der Waals surface area contributed by atoms with Crippen molar-refractivity contribution in [2.75, 3.05) is 5.32 Å². The number of aryl methyl sites for hydroxylation is 1. The predicted octanol–water partition coefficient (Wildman–Crippen LogP) is 2.34. The Balaban J connectivity index is 2.17. The second-order valence-electron chi connectivity index (χ2n) is 3.55. The highest BCUT2D eigenvalue weighted by Crippen LogP contribution is 2.17. The van der Waals surface area contributed by atoms with Crippen molar-refractivity contribution in [1.82, 2.24) is 9.97 Å². The number of carboxylic acids is 1. The Morgan fingerprint density at radius 2 is 2.33 bits per heavy atom. The monoisotopic (exact) mass is 267 g/mol. The molecule has 2 rings (SSSR count). The van der Waals surface area contributed by atoms with Crippen molar-refractivity contribution in [2.45, 2.75) is 13.5 Å². The Hall–Kier alpha value is -2.08. The SMILES string of the molecule is Cc1cnc(CNc2nc(Cl)ccc2C(=O)O)o1. The summed E-state index contributed by atoms with van der Waals surface area (Å²) >= 11 is 5.72. The van der Waals surface area contributed by atoms with E-state index in [9.17, 15) is 4.79 Å². The maximum Gasteiger partial charge on any atom is 0.339 e. The van der Waals surface area contributed by atoms with Gasteiger partial charge in [0.15, 0.2) is 0 Å². The van der Waals surface area contributed by atoms with Gasteiger partial charge in [-0.05, 0) is 19.1 Å². The first-order chi connectivity index (χ1) is 8.56. The Morgan fingerprint density at radius 1 is 1.56 bits per heavy atom. The van der Waals surface area contributed by atoms with Crippen molar-refractivity contribution in [3.05, 3.63) is 40.7 Å². The molecule has 0 unspecified atom stereocenters. The molecular formula is C11H10ClN3O3. The standard InChI is InChI=1S/C11H10ClN3O3/c1-6-4-13-9(18-6)5-14-10-7(11(16)17)2-3-8(12)15-10/h2-4H,5H2,1H3,(H,14,15)(H,16,17). The molecule has 0 aliphatic rings. The van der Waals surface area contributed by atoms with Crippen molar-refractivity contribution in [1.29, 1.82) is 0 Å². The highest BCUT2D eigenvalue weighted by molar-refractivity contribution is 6.29. The van der Waals surface area contributed by atoms with Crippen LogP contribution in [0, 0.1) is 6.92 Å². The third kappa shape index (κ3) is 2.78. The number of nitrogens with one attached hydrogen (secondary N) is 1. The fraction of sp³-hybridized carbons (Fsp3) is 0.182. The van der Waals surface area contributed by atoms with E-state index in [-0.39, 0.29) is 23.1 Å². The second-order valence-corrected chi connectivity index (χ2v) is 3.94. The minimum atomic E-state index is -1.08. The molecule has 2 aromatic rings. The zero-order valence-electron chi connectivity index (χ0n) is 9.48. The predicted molar refractivity (Wildman–Crippen MR) is 64.8 cm³/mol. The number of nitrogens with zero attached hydrogens (tertiary/aromatic N) is 2. The van der Waals surface area contributed by atoms with Crippen LogP contribution in [0.2, 0.25) is 5.15 Å². The van der Waals surface area contributed by atoms with Crippen LogP contribution in [0.15, 0.2) is 22.7 Å². The molecule has 0 aliphatic heterocycles. The van der Waals surface area contributed by atoms with Gasteiger partial charge >= 0.3 is 5.97 Å². The normalized spacial score (nSPS) is 10.3. The lowest BCUT2D eigenvalue weighted by molar-refractivity contribution is 0.0697. The lowest BCUT2D eigenvalue weighted by Crippen LogP contribution is -2.08. The largest absolute Gasteiger partial charge is 0.478 e. The lowest BCUT2D eigenvalue weighted by Gasteiger charge is -2.06. The van der Waals surface area contributed by atoms with Gasteiger partial charge in [-0.15, -0.1) is 0 Å². The van der Waals surface area contributed by atoms with E-state index in [1.54, 1.807) is 13.1 Å². The fourth-order valence-electron chi connectivity index (χ4n) is 1.39. The number of aromatic carboxylic acids is 1. The molecule has 2 N–H and O–H groups in total. The minimum Gasteiger partial charge on any atom is -0.478 e. The fourth-order valence-corrected chi connectivity index (χ4v) is 1.53. The molecule has 0 amide bonds. The molecule has 0 saturated heterocycles. The zero-order valence-corrected chi connectivity index (χ0v) is 10.2. The van der Waals surface area contributed by atoms with E-state index in [2.05, 4.69) is 15.3 Å². The van der Waals surface area contributed by atoms with Crippen molar-refractivity contribution < 1.29 is 14.3 Å². The first-order valence-electron chi connectivity index (χ1n) is 5.11. The summed E-state index contributed by atoms with van der Waals surface area (Å²) in [6, 6.07) is 2.81. The van der Waals surface area contributed by atoms with E-state index in [0.29, 0.717) is 11.7 Å². The van der Waals surface area contributed by atoms with Crippen LogP contribution < -0.4 is 5.32 Å². The highest BCUT2D eigenvalue weighted by Gasteiger charge is 2.12. The number of anilines is 1. The Kier molecular flexibility index (Phi) is 3.47. The lowest BCUT2D eigenvalue weighted by atomic mass is 10.2. The zero-order chi connectivity index (χ0) is 13.1. The number of carboxylic acid groups (broad SMARTS) is 1. The quantitative estimate of drug-likeness (QED) is 0.827. The van der Waals surface area contributed by atoms with Gasteiger partial charge in [-0.3, -0.25) is 0 Å². The number of pyridine rings is 1. The first-order valence-corrected chi connectivity index (χ1v) is 5.49. The molecule has 0 radical (unpaired) electrons. The van der Waals surface area contributed by atoms with Crippen LogP contribution in [0.25, 0.3) is 0 Å². The van der Waals surface area contributed by atoms with Gasteiger partial charge < -0.3 is 14.8 Å². The second kappa shape index (κ2) is 5.05. The molecule has 2 aromatic heterocycles. The van der Waals surface area contributed by atoms with Crippen LogP contribution in [-0.4, -0.2) is 21.0 Å². The van der Waals surface area contributed by atoms with Gasteiger partial charge in [0.25, 0.3) is 0 Å². The first kappa shape index (κ1) is 12.4. The Morgan fingerprint density at radius 3 is 2.94 bits per heavy atom. The average molecular weight is 268 g/mol. The van der Waals surface area contributed by atoms with Gasteiger partial charge in [-0.1, -0.05) is 11.6 Å². The molecule has 2 heterocycles. The van der Waals surface area contributed by atoms with Gasteiger partial charge in [0.05, 0.1) is 12.7 Å². The number of oxazole rings is 1. The Labute approximate surface area is 108 Å². The van der Waals surface area contributed by atoms with E-state index in [1.807, 2.05) is 0 Å². The molecule has 0 atom stereocenters. The molecular weight excluding hydrogens is 258 g/mol. The molecule has 6 nitrogen and oxygen atoms in total. The number of carbonyl (C=O) groups is 1. The maximum absolute atomic E-state index is 11.0. The van der Waals surface area contributed by atoms with E-state index in [4.69, 9.17) is 21.1 Å². The summed E-state index contributed by atoms with van der Waals surface area (Å²) < 4.78 is 5.25. The summed E-state index contributed by atoms with van der Waals surface area (Å²) in [6.07, 6.45) is 1.58. The number of rotatable bonds is 4. The van der Waals surface area contributed by atoms with Crippen molar-refractivity contribution >= 4 is 23.4 Å². The summed E-state index contributed by atoms with van der Waals surface area (Å²) in [5.74, 6) is 0.242. The average Bonchev–Trinajstić information content (AvgIpc) is 2.72. The molecule has 0 saturated carbocycles. The van der Waals surface area contributed by atoms with E-state index < -0.39 is 5.97 Å².